The summed E-state index contributed by atoms with van der Waals surface area (Å²) in [5, 5.41) is 47.8. The van der Waals surface area contributed by atoms with E-state index < -0.39 is 69.9 Å². The Hall–Kier alpha value is -5.50. The van der Waals surface area contributed by atoms with Crippen LogP contribution in [0.2, 0.25) is 0 Å². The zero-order valence-electron chi connectivity index (χ0n) is 23.1. The maximum Gasteiger partial charge on any atom is 0.352 e. The number of thioether (sulfide) groups is 2. The van der Waals surface area contributed by atoms with Gasteiger partial charge in [-0.3, -0.25) is 29.0 Å². The molecule has 0 unspecified atom stereocenters. The third kappa shape index (κ3) is 5.36. The SMILES string of the molecule is C=CC1=C(C(=O)O)N2C(=O)[C@@H](NC(=O)c3nocc3O)[C@H]2SC1.C=CC1=C(C(=O)O)N2C(=O)[C@H](NC(=O)c3nocc3O)[C@@H]2SC1. The second-order valence-electron chi connectivity index (χ2n) is 9.58. The smallest absolute Gasteiger partial charge is 0.352 e. The topological polar surface area (TPSA) is 266 Å². The van der Waals surface area contributed by atoms with Gasteiger partial charge in [0.15, 0.2) is 24.0 Å². The molecule has 6 N–H and O–H groups in total. The summed E-state index contributed by atoms with van der Waals surface area (Å²) in [6.45, 7) is 7.10. The molecule has 2 aromatic rings. The van der Waals surface area contributed by atoms with Gasteiger partial charge in [0, 0.05) is 11.5 Å². The number of β-lactam (4-membered cyclic amide) rings is 2. The Morgan fingerprint density at radius 1 is 0.783 bits per heavy atom. The van der Waals surface area contributed by atoms with Crippen molar-refractivity contribution in [2.24, 2.45) is 0 Å². The number of amides is 4. The number of carboxylic acids is 2. The number of fused-ring (bicyclic) bond motifs is 2. The molecule has 6 rings (SSSR count). The summed E-state index contributed by atoms with van der Waals surface area (Å²) in [6.07, 6.45) is 4.58. The van der Waals surface area contributed by atoms with Gasteiger partial charge in [-0.05, 0) is 11.1 Å². The first-order chi connectivity index (χ1) is 21.9. The van der Waals surface area contributed by atoms with Crippen LogP contribution in [0.4, 0.5) is 0 Å². The molecular weight excluding hydrogens is 652 g/mol. The molecule has 0 bridgehead atoms. The molecule has 0 radical (unpaired) electrons. The highest BCUT2D eigenvalue weighted by Gasteiger charge is 2.55. The van der Waals surface area contributed by atoms with Crippen LogP contribution >= 0.6 is 23.5 Å². The van der Waals surface area contributed by atoms with Crippen LogP contribution in [0.1, 0.15) is 21.0 Å². The standard InChI is InChI=1S/2C13H11N3O6S/c2*1-2-5-4-23-12-8(11(19)16(12)9(5)13(20)21)14-10(18)7-6(17)3-22-15-7/h2*2-3,8,12,17H,1,4H2,(H,14,18)(H,20,21)/t2*8-,12-/m10/s1. The minimum Gasteiger partial charge on any atom is -0.503 e. The average Bonchev–Trinajstić information content (AvgIpc) is 3.68. The van der Waals surface area contributed by atoms with E-state index in [-0.39, 0.29) is 22.8 Å². The van der Waals surface area contributed by atoms with Gasteiger partial charge in [0.25, 0.3) is 23.6 Å². The molecule has 6 heterocycles. The average molecular weight is 675 g/mol. The lowest BCUT2D eigenvalue weighted by molar-refractivity contribution is -0.148. The number of hydrogen-bond acceptors (Lipinski definition) is 14. The fourth-order valence-corrected chi connectivity index (χ4v) is 7.48. The predicted molar refractivity (Wildman–Crippen MR) is 155 cm³/mol. The summed E-state index contributed by atoms with van der Waals surface area (Å²) in [5.41, 5.74) is -0.0141. The molecule has 2 fully saturated rings. The van der Waals surface area contributed by atoms with Crippen molar-refractivity contribution in [1.29, 1.82) is 0 Å². The molecule has 20 heteroatoms. The van der Waals surface area contributed by atoms with Crippen LogP contribution in [0, 0.1) is 0 Å². The van der Waals surface area contributed by atoms with Crippen molar-refractivity contribution in [3.8, 4) is 11.5 Å². The zero-order chi connectivity index (χ0) is 33.4. The first-order valence-corrected chi connectivity index (χ1v) is 15.0. The number of aliphatic carboxylic acids is 2. The first-order valence-electron chi connectivity index (χ1n) is 12.9. The number of carbonyl (C=O) groups is 6. The highest BCUT2D eigenvalue weighted by molar-refractivity contribution is 8.00. The number of aromatic nitrogens is 2. The summed E-state index contributed by atoms with van der Waals surface area (Å²) in [4.78, 5) is 73.4. The number of nitrogens with zero attached hydrogens (tertiary/aromatic N) is 4. The van der Waals surface area contributed by atoms with Crippen molar-refractivity contribution in [3.05, 3.63) is 71.8 Å². The summed E-state index contributed by atoms with van der Waals surface area (Å²) in [6, 6.07) is -1.80. The number of hydrogen-bond donors (Lipinski definition) is 6. The summed E-state index contributed by atoms with van der Waals surface area (Å²) < 4.78 is 8.91. The molecule has 46 heavy (non-hydrogen) atoms. The molecule has 2 saturated heterocycles. The third-order valence-electron chi connectivity index (χ3n) is 7.00. The van der Waals surface area contributed by atoms with Crippen molar-refractivity contribution in [2.45, 2.75) is 22.8 Å². The molecule has 18 nitrogen and oxygen atoms in total. The second-order valence-corrected chi connectivity index (χ2v) is 11.8. The van der Waals surface area contributed by atoms with E-state index in [1.54, 1.807) is 0 Å². The van der Waals surface area contributed by atoms with Gasteiger partial charge in [-0.2, -0.15) is 0 Å². The molecule has 4 amide bonds. The van der Waals surface area contributed by atoms with E-state index in [9.17, 15) is 49.2 Å². The number of rotatable bonds is 8. The molecule has 0 aliphatic carbocycles. The number of allylic oxidation sites excluding steroid dienone is 2. The van der Waals surface area contributed by atoms with Crippen LogP contribution in [-0.2, 0) is 19.2 Å². The summed E-state index contributed by atoms with van der Waals surface area (Å²) in [5.74, 6) is -5.25. The van der Waals surface area contributed by atoms with Crippen LogP contribution in [0.15, 0.2) is 69.4 Å². The number of carboxylic acid groups (broad SMARTS) is 2. The lowest BCUT2D eigenvalue weighted by Gasteiger charge is -2.49. The highest BCUT2D eigenvalue weighted by Crippen LogP contribution is 2.42. The maximum absolute atomic E-state index is 12.2. The van der Waals surface area contributed by atoms with E-state index in [0.717, 1.165) is 22.3 Å². The Morgan fingerprint density at radius 3 is 1.43 bits per heavy atom. The van der Waals surface area contributed by atoms with E-state index in [4.69, 9.17) is 0 Å². The van der Waals surface area contributed by atoms with Gasteiger partial charge in [0.2, 0.25) is 11.4 Å². The fraction of sp³-hybridized carbons (Fsp3) is 0.231. The van der Waals surface area contributed by atoms with Gasteiger partial charge in [-0.1, -0.05) is 35.6 Å². The maximum atomic E-state index is 12.2. The van der Waals surface area contributed by atoms with Gasteiger partial charge in [-0.15, -0.1) is 23.5 Å². The van der Waals surface area contributed by atoms with Crippen molar-refractivity contribution < 1.29 is 58.2 Å². The van der Waals surface area contributed by atoms with Crippen LogP contribution in [0.25, 0.3) is 0 Å². The quantitative estimate of drug-likeness (QED) is 0.199. The van der Waals surface area contributed by atoms with Crippen molar-refractivity contribution in [1.82, 2.24) is 30.7 Å². The third-order valence-corrected chi connectivity index (χ3v) is 9.60. The second kappa shape index (κ2) is 12.5. The van der Waals surface area contributed by atoms with Crippen LogP contribution in [-0.4, -0.2) is 110 Å². The van der Waals surface area contributed by atoms with E-state index in [1.165, 1.54) is 35.7 Å². The molecule has 4 aliphatic heterocycles. The Morgan fingerprint density at radius 2 is 1.15 bits per heavy atom. The number of carbonyl (C=O) groups excluding carboxylic acids is 4. The van der Waals surface area contributed by atoms with Gasteiger partial charge in [0.05, 0.1) is 0 Å². The Labute approximate surface area is 265 Å². The van der Waals surface area contributed by atoms with Crippen molar-refractivity contribution in [2.75, 3.05) is 11.5 Å². The minimum atomic E-state index is -1.22. The molecule has 0 aromatic carbocycles. The Balaban J connectivity index is 0.000000181. The van der Waals surface area contributed by atoms with E-state index >= 15 is 0 Å². The lowest BCUT2D eigenvalue weighted by Crippen LogP contribution is -2.70. The molecule has 4 atom stereocenters. The largest absolute Gasteiger partial charge is 0.503 e. The van der Waals surface area contributed by atoms with Crippen LogP contribution in [0.5, 0.6) is 11.5 Å². The molecular formula is C26H22N6O12S2. The molecule has 4 aliphatic rings. The fourth-order valence-electron chi connectivity index (χ4n) is 4.80. The Bertz CT molecular complexity index is 1640. The summed E-state index contributed by atoms with van der Waals surface area (Å²) >= 11 is 2.63. The first kappa shape index (κ1) is 31.9. The molecule has 240 valence electrons. The minimum absolute atomic E-state index is 0.122. The monoisotopic (exact) mass is 674 g/mol. The van der Waals surface area contributed by atoms with Crippen LogP contribution < -0.4 is 10.6 Å². The Kier molecular flexibility index (Phi) is 8.66. The van der Waals surface area contributed by atoms with Crippen molar-refractivity contribution >= 4 is 59.1 Å². The predicted octanol–water partition coefficient (Wildman–Crippen LogP) is -0.163. The van der Waals surface area contributed by atoms with E-state index in [1.807, 2.05) is 0 Å². The normalized spacial score (nSPS) is 23.1. The highest BCUT2D eigenvalue weighted by atomic mass is 32.2. The lowest BCUT2D eigenvalue weighted by atomic mass is 10.0. The van der Waals surface area contributed by atoms with E-state index in [2.05, 4.69) is 43.2 Å². The molecule has 2 aromatic heterocycles. The van der Waals surface area contributed by atoms with Gasteiger partial charge >= 0.3 is 11.9 Å². The van der Waals surface area contributed by atoms with Crippen molar-refractivity contribution in [3.63, 3.8) is 0 Å². The van der Waals surface area contributed by atoms with Gasteiger partial charge < -0.3 is 40.1 Å². The number of aromatic hydroxyl groups is 2. The van der Waals surface area contributed by atoms with E-state index in [0.29, 0.717) is 22.7 Å². The van der Waals surface area contributed by atoms with Crippen LogP contribution in [0.3, 0.4) is 0 Å². The van der Waals surface area contributed by atoms with Gasteiger partial charge in [0.1, 0.15) is 34.2 Å². The van der Waals surface area contributed by atoms with Gasteiger partial charge in [-0.25, -0.2) is 9.59 Å². The molecule has 0 spiro atoms. The number of nitrogens with one attached hydrogen (secondary N) is 2. The molecule has 0 saturated carbocycles. The summed E-state index contributed by atoms with van der Waals surface area (Å²) in [7, 11) is 0. The zero-order valence-corrected chi connectivity index (χ0v) is 24.7.